The van der Waals surface area contributed by atoms with Crippen LogP contribution in [0.5, 0.6) is 5.75 Å². The molecule has 32 heavy (non-hydrogen) atoms. The van der Waals surface area contributed by atoms with Gasteiger partial charge in [0.1, 0.15) is 11.6 Å². The predicted octanol–water partition coefficient (Wildman–Crippen LogP) is 5.33. The van der Waals surface area contributed by atoms with Crippen LogP contribution in [0.25, 0.3) is 22.3 Å². The van der Waals surface area contributed by atoms with E-state index in [2.05, 4.69) is 66.1 Å². The Labute approximate surface area is 189 Å². The Morgan fingerprint density at radius 1 is 0.906 bits per heavy atom. The number of ether oxygens (including phenoxy) is 1. The van der Waals surface area contributed by atoms with E-state index < -0.39 is 0 Å². The number of para-hydroxylation sites is 1. The molecule has 4 aromatic rings. The predicted molar refractivity (Wildman–Crippen MR) is 132 cm³/mol. The lowest BCUT2D eigenvalue weighted by Gasteiger charge is -2.42. The van der Waals surface area contributed by atoms with Crippen molar-refractivity contribution in [2.24, 2.45) is 0 Å². The Balaban J connectivity index is 1.49. The summed E-state index contributed by atoms with van der Waals surface area (Å²) in [5, 5.41) is 1.10. The van der Waals surface area contributed by atoms with Gasteiger partial charge < -0.3 is 14.5 Å². The summed E-state index contributed by atoms with van der Waals surface area (Å²) in [6, 6.07) is 25.4. The van der Waals surface area contributed by atoms with Crippen molar-refractivity contribution in [3.8, 4) is 17.1 Å². The summed E-state index contributed by atoms with van der Waals surface area (Å²) in [6.45, 7) is 7.24. The van der Waals surface area contributed by atoms with E-state index >= 15 is 0 Å². The molecule has 5 nitrogen and oxygen atoms in total. The second-order valence-corrected chi connectivity index (χ2v) is 8.44. The zero-order valence-corrected chi connectivity index (χ0v) is 18.8. The van der Waals surface area contributed by atoms with Crippen LogP contribution in [0.4, 0.5) is 11.5 Å². The lowest BCUT2D eigenvalue weighted by atomic mass is 10.1. The van der Waals surface area contributed by atoms with Gasteiger partial charge in [0.15, 0.2) is 5.82 Å². The minimum absolute atomic E-state index is 0.378. The fourth-order valence-corrected chi connectivity index (χ4v) is 4.51. The second kappa shape index (κ2) is 8.50. The maximum Gasteiger partial charge on any atom is 0.162 e. The van der Waals surface area contributed by atoms with Gasteiger partial charge in [0.25, 0.3) is 0 Å². The zero-order chi connectivity index (χ0) is 22.1. The largest absolute Gasteiger partial charge is 0.497 e. The number of fused-ring (bicyclic) bond motifs is 1. The molecule has 0 unspecified atom stereocenters. The maximum atomic E-state index is 5.31. The van der Waals surface area contributed by atoms with Gasteiger partial charge in [0, 0.05) is 42.3 Å². The first-order valence-corrected chi connectivity index (χ1v) is 11.1. The summed E-state index contributed by atoms with van der Waals surface area (Å²) in [6.07, 6.45) is 0. The second-order valence-electron chi connectivity index (χ2n) is 8.44. The SMILES string of the molecule is COc1ccc(-c2nc(N3CCN(c4cccc(C)c4)[C@@H](C)C3)c3ccccc3n2)cc1. The van der Waals surface area contributed by atoms with E-state index in [0.717, 1.165) is 53.5 Å². The van der Waals surface area contributed by atoms with Gasteiger partial charge in [0.05, 0.1) is 12.6 Å². The van der Waals surface area contributed by atoms with Crippen molar-refractivity contribution >= 4 is 22.4 Å². The molecule has 3 aromatic carbocycles. The molecule has 1 atom stereocenters. The number of methoxy groups -OCH3 is 1. The summed E-state index contributed by atoms with van der Waals surface area (Å²) >= 11 is 0. The Kier molecular flexibility index (Phi) is 5.39. The number of hydrogen-bond donors (Lipinski definition) is 0. The van der Waals surface area contributed by atoms with Gasteiger partial charge in [-0.3, -0.25) is 0 Å². The van der Waals surface area contributed by atoms with Gasteiger partial charge in [-0.25, -0.2) is 9.97 Å². The molecular weight excluding hydrogens is 396 g/mol. The molecule has 0 amide bonds. The van der Waals surface area contributed by atoms with Gasteiger partial charge in [-0.05, 0) is 67.9 Å². The van der Waals surface area contributed by atoms with Crippen molar-refractivity contribution in [3.05, 3.63) is 78.4 Å². The van der Waals surface area contributed by atoms with E-state index in [4.69, 9.17) is 14.7 Å². The first-order valence-electron chi connectivity index (χ1n) is 11.1. The molecule has 0 radical (unpaired) electrons. The van der Waals surface area contributed by atoms with Gasteiger partial charge in [0.2, 0.25) is 0 Å². The van der Waals surface area contributed by atoms with Crippen LogP contribution < -0.4 is 14.5 Å². The number of anilines is 2. The Morgan fingerprint density at radius 2 is 1.72 bits per heavy atom. The summed E-state index contributed by atoms with van der Waals surface area (Å²) in [7, 11) is 1.68. The highest BCUT2D eigenvalue weighted by Gasteiger charge is 2.26. The lowest BCUT2D eigenvalue weighted by molar-refractivity contribution is 0.415. The van der Waals surface area contributed by atoms with Crippen LogP contribution in [0.2, 0.25) is 0 Å². The molecule has 0 N–H and O–H groups in total. The van der Waals surface area contributed by atoms with Crippen LogP contribution in [-0.4, -0.2) is 42.8 Å². The first kappa shape index (κ1) is 20.3. The summed E-state index contributed by atoms with van der Waals surface area (Å²) < 4.78 is 5.31. The van der Waals surface area contributed by atoms with E-state index in [1.54, 1.807) is 7.11 Å². The fourth-order valence-electron chi connectivity index (χ4n) is 4.51. The number of piperazine rings is 1. The average molecular weight is 425 g/mol. The maximum absolute atomic E-state index is 5.31. The monoisotopic (exact) mass is 424 g/mol. The van der Waals surface area contributed by atoms with Gasteiger partial charge in [-0.1, -0.05) is 24.3 Å². The summed E-state index contributed by atoms with van der Waals surface area (Å²) in [5.74, 6) is 2.59. The van der Waals surface area contributed by atoms with Crippen LogP contribution in [0.3, 0.4) is 0 Å². The minimum Gasteiger partial charge on any atom is -0.497 e. The van der Waals surface area contributed by atoms with E-state index in [-0.39, 0.29) is 0 Å². The highest BCUT2D eigenvalue weighted by Crippen LogP contribution is 2.31. The topological polar surface area (TPSA) is 41.5 Å². The van der Waals surface area contributed by atoms with Crippen molar-refractivity contribution < 1.29 is 4.74 Å². The highest BCUT2D eigenvalue weighted by atomic mass is 16.5. The molecule has 1 fully saturated rings. The molecule has 0 spiro atoms. The average Bonchev–Trinajstić information content (AvgIpc) is 2.83. The van der Waals surface area contributed by atoms with E-state index in [1.807, 2.05) is 30.3 Å². The van der Waals surface area contributed by atoms with Gasteiger partial charge in [-0.15, -0.1) is 0 Å². The summed E-state index contributed by atoms with van der Waals surface area (Å²) in [4.78, 5) is 14.8. The first-order chi connectivity index (χ1) is 15.6. The Morgan fingerprint density at radius 3 is 2.47 bits per heavy atom. The van der Waals surface area contributed by atoms with Crippen LogP contribution in [0.1, 0.15) is 12.5 Å². The zero-order valence-electron chi connectivity index (χ0n) is 18.8. The van der Waals surface area contributed by atoms with Crippen LogP contribution in [-0.2, 0) is 0 Å². The normalized spacial score (nSPS) is 16.4. The third kappa shape index (κ3) is 3.86. The molecule has 5 heteroatoms. The van der Waals surface area contributed by atoms with Crippen LogP contribution in [0, 0.1) is 6.92 Å². The third-order valence-electron chi connectivity index (χ3n) is 6.19. The molecule has 0 saturated carbocycles. The smallest absolute Gasteiger partial charge is 0.162 e. The number of aromatic nitrogens is 2. The van der Waals surface area contributed by atoms with E-state index in [0.29, 0.717) is 6.04 Å². The standard InChI is InChI=1S/C27H28N4O/c1-19-7-6-8-22(17-19)31-16-15-30(18-20(31)2)27-24-9-4-5-10-25(24)28-26(29-27)21-11-13-23(32-3)14-12-21/h4-14,17,20H,15-16,18H2,1-3H3/t20-/m0/s1. The van der Waals surface area contributed by atoms with Crippen molar-refractivity contribution in [2.75, 3.05) is 36.5 Å². The molecule has 1 aromatic heterocycles. The summed E-state index contributed by atoms with van der Waals surface area (Å²) in [5.41, 5.74) is 4.55. The number of nitrogens with zero attached hydrogens (tertiary/aromatic N) is 4. The Hall–Kier alpha value is -3.60. The number of hydrogen-bond acceptors (Lipinski definition) is 5. The van der Waals surface area contributed by atoms with Crippen molar-refractivity contribution in [2.45, 2.75) is 19.9 Å². The Bertz CT molecular complexity index is 1240. The molecule has 0 bridgehead atoms. The van der Waals surface area contributed by atoms with Crippen LogP contribution in [0.15, 0.2) is 72.8 Å². The van der Waals surface area contributed by atoms with Gasteiger partial charge in [-0.2, -0.15) is 0 Å². The van der Waals surface area contributed by atoms with Crippen molar-refractivity contribution in [1.29, 1.82) is 0 Å². The molecule has 162 valence electrons. The van der Waals surface area contributed by atoms with Crippen LogP contribution >= 0.6 is 0 Å². The highest BCUT2D eigenvalue weighted by molar-refractivity contribution is 5.91. The number of rotatable bonds is 4. The molecular formula is C27H28N4O. The molecule has 1 aliphatic heterocycles. The molecule has 2 heterocycles. The minimum atomic E-state index is 0.378. The number of aryl methyl sites for hydroxylation is 1. The van der Waals surface area contributed by atoms with E-state index in [9.17, 15) is 0 Å². The third-order valence-corrected chi connectivity index (χ3v) is 6.19. The fraction of sp³-hybridized carbons (Fsp3) is 0.259. The lowest BCUT2D eigenvalue weighted by Crippen LogP contribution is -2.52. The molecule has 1 saturated heterocycles. The van der Waals surface area contributed by atoms with Crippen molar-refractivity contribution in [1.82, 2.24) is 9.97 Å². The molecule has 1 aliphatic rings. The number of benzene rings is 3. The molecule has 5 rings (SSSR count). The van der Waals surface area contributed by atoms with E-state index in [1.165, 1.54) is 11.3 Å². The molecule has 0 aliphatic carbocycles. The van der Waals surface area contributed by atoms with Gasteiger partial charge >= 0.3 is 0 Å². The van der Waals surface area contributed by atoms with Crippen molar-refractivity contribution in [3.63, 3.8) is 0 Å². The quantitative estimate of drug-likeness (QED) is 0.443.